The minimum absolute atomic E-state index is 0. The van der Waals surface area contributed by atoms with Crippen LogP contribution in [0.4, 0.5) is 0 Å². The highest BCUT2D eigenvalue weighted by molar-refractivity contribution is 5.94. The Morgan fingerprint density at radius 2 is 2.18 bits per heavy atom. The summed E-state index contributed by atoms with van der Waals surface area (Å²) >= 11 is 0. The highest BCUT2D eigenvalue weighted by Gasteiger charge is 2.28. The predicted octanol–water partition coefficient (Wildman–Crippen LogP) is 1.67. The van der Waals surface area contributed by atoms with Gasteiger partial charge in [-0.1, -0.05) is 0 Å². The summed E-state index contributed by atoms with van der Waals surface area (Å²) in [5, 5.41) is 0. The molecule has 2 aromatic heterocycles. The van der Waals surface area contributed by atoms with E-state index in [2.05, 4.69) is 9.97 Å². The number of nitrogens with zero attached hydrogens (tertiary/aromatic N) is 4. The van der Waals surface area contributed by atoms with Gasteiger partial charge in [0.2, 0.25) is 0 Å². The van der Waals surface area contributed by atoms with Gasteiger partial charge in [-0.3, -0.25) is 9.36 Å². The van der Waals surface area contributed by atoms with Crippen molar-refractivity contribution < 1.29 is 4.79 Å². The zero-order valence-corrected chi connectivity index (χ0v) is 13.6. The van der Waals surface area contributed by atoms with E-state index in [0.29, 0.717) is 12.1 Å². The number of aromatic nitrogens is 3. The minimum atomic E-state index is 0. The van der Waals surface area contributed by atoms with Crippen LogP contribution >= 0.6 is 24.8 Å². The maximum atomic E-state index is 12.4. The molecule has 120 valence electrons. The highest BCUT2D eigenvalue weighted by Crippen LogP contribution is 2.19. The number of carbonyl (C=O) groups excluding carboxylic acids is 1. The predicted molar refractivity (Wildman–Crippen MR) is 89.0 cm³/mol. The van der Waals surface area contributed by atoms with Crippen molar-refractivity contribution in [3.05, 3.63) is 42.6 Å². The average molecular weight is 344 g/mol. The third-order valence-corrected chi connectivity index (χ3v) is 3.67. The number of hydrogen-bond donors (Lipinski definition) is 1. The van der Waals surface area contributed by atoms with Gasteiger partial charge < -0.3 is 10.6 Å². The SMILES string of the molecule is Cl.Cl.NCC1CCCN1C(=O)c1ccc(-n2ccnc2)nc1. The molecular weight excluding hydrogens is 325 g/mol. The lowest BCUT2D eigenvalue weighted by atomic mass is 10.2. The van der Waals surface area contributed by atoms with Crippen molar-refractivity contribution in [3.8, 4) is 5.82 Å². The van der Waals surface area contributed by atoms with Gasteiger partial charge in [-0.05, 0) is 25.0 Å². The van der Waals surface area contributed by atoms with E-state index in [4.69, 9.17) is 5.73 Å². The Labute approximate surface area is 141 Å². The van der Waals surface area contributed by atoms with E-state index in [0.717, 1.165) is 25.2 Å². The standard InChI is InChI=1S/C14H17N5O.2ClH/c15-8-12-2-1-6-19(12)14(20)11-3-4-13(17-9-11)18-7-5-16-10-18;;/h3-5,7,9-10,12H,1-2,6,8,15H2;2*1H. The van der Waals surface area contributed by atoms with Crippen LogP contribution in [-0.2, 0) is 0 Å². The Bertz CT molecular complexity index is 588. The van der Waals surface area contributed by atoms with Crippen molar-refractivity contribution in [1.29, 1.82) is 0 Å². The highest BCUT2D eigenvalue weighted by atomic mass is 35.5. The van der Waals surface area contributed by atoms with Gasteiger partial charge in [-0.25, -0.2) is 9.97 Å². The molecule has 1 unspecified atom stereocenters. The fourth-order valence-electron chi connectivity index (χ4n) is 2.57. The van der Waals surface area contributed by atoms with Gasteiger partial charge in [-0.2, -0.15) is 0 Å². The molecule has 6 nitrogen and oxygen atoms in total. The van der Waals surface area contributed by atoms with Crippen molar-refractivity contribution in [3.63, 3.8) is 0 Å². The van der Waals surface area contributed by atoms with Crippen molar-refractivity contribution in [1.82, 2.24) is 19.4 Å². The van der Waals surface area contributed by atoms with Crippen LogP contribution in [0.15, 0.2) is 37.1 Å². The first kappa shape index (κ1) is 18.4. The molecule has 3 rings (SSSR count). The molecule has 8 heteroatoms. The van der Waals surface area contributed by atoms with Gasteiger partial charge in [0.1, 0.15) is 12.1 Å². The molecule has 1 saturated heterocycles. The molecule has 1 aliphatic rings. The molecule has 2 N–H and O–H groups in total. The van der Waals surface area contributed by atoms with Gasteiger partial charge in [0.15, 0.2) is 0 Å². The third kappa shape index (κ3) is 3.58. The van der Waals surface area contributed by atoms with Gasteiger partial charge in [0.25, 0.3) is 5.91 Å². The van der Waals surface area contributed by atoms with Crippen molar-refractivity contribution in [2.24, 2.45) is 5.73 Å². The van der Waals surface area contributed by atoms with Crippen LogP contribution in [0.3, 0.4) is 0 Å². The number of imidazole rings is 1. The van der Waals surface area contributed by atoms with Crippen LogP contribution < -0.4 is 5.73 Å². The van der Waals surface area contributed by atoms with Crippen LogP contribution in [0.5, 0.6) is 0 Å². The summed E-state index contributed by atoms with van der Waals surface area (Å²) < 4.78 is 1.80. The largest absolute Gasteiger partial charge is 0.334 e. The molecular formula is C14H19Cl2N5O. The fourth-order valence-corrected chi connectivity index (χ4v) is 2.57. The second-order valence-electron chi connectivity index (χ2n) is 4.91. The first-order valence-corrected chi connectivity index (χ1v) is 6.75. The molecule has 0 radical (unpaired) electrons. The van der Waals surface area contributed by atoms with Crippen LogP contribution in [0.2, 0.25) is 0 Å². The first-order valence-electron chi connectivity index (χ1n) is 6.75. The Hall–Kier alpha value is -1.63. The molecule has 0 spiro atoms. The zero-order valence-electron chi connectivity index (χ0n) is 12.0. The molecule has 0 bridgehead atoms. The lowest BCUT2D eigenvalue weighted by molar-refractivity contribution is 0.0741. The molecule has 1 atom stereocenters. The number of likely N-dealkylation sites (tertiary alicyclic amines) is 1. The van der Waals surface area contributed by atoms with E-state index in [-0.39, 0.29) is 36.8 Å². The molecule has 22 heavy (non-hydrogen) atoms. The first-order chi connectivity index (χ1) is 9.79. The maximum absolute atomic E-state index is 12.4. The van der Waals surface area contributed by atoms with E-state index < -0.39 is 0 Å². The van der Waals surface area contributed by atoms with Gasteiger partial charge in [0, 0.05) is 37.7 Å². The van der Waals surface area contributed by atoms with Crippen molar-refractivity contribution in [2.75, 3.05) is 13.1 Å². The normalized spacial score (nSPS) is 16.8. The number of rotatable bonds is 3. The van der Waals surface area contributed by atoms with Crippen molar-refractivity contribution >= 4 is 30.7 Å². The lowest BCUT2D eigenvalue weighted by Crippen LogP contribution is -2.39. The lowest BCUT2D eigenvalue weighted by Gasteiger charge is -2.23. The number of pyridine rings is 1. The molecule has 1 amide bonds. The molecule has 0 aromatic carbocycles. The van der Waals surface area contributed by atoms with E-state index in [9.17, 15) is 4.79 Å². The van der Waals surface area contributed by atoms with E-state index in [1.807, 2.05) is 17.2 Å². The summed E-state index contributed by atoms with van der Waals surface area (Å²) in [4.78, 5) is 22.6. The van der Waals surface area contributed by atoms with Gasteiger partial charge in [0.05, 0.1) is 5.56 Å². The number of halogens is 2. The maximum Gasteiger partial charge on any atom is 0.255 e. The van der Waals surface area contributed by atoms with Crippen LogP contribution in [0.25, 0.3) is 5.82 Å². The number of hydrogen-bond acceptors (Lipinski definition) is 4. The van der Waals surface area contributed by atoms with E-state index in [1.165, 1.54) is 0 Å². The average Bonchev–Trinajstić information content (AvgIpc) is 3.17. The van der Waals surface area contributed by atoms with Crippen LogP contribution in [0, 0.1) is 0 Å². The minimum Gasteiger partial charge on any atom is -0.334 e. The molecule has 0 saturated carbocycles. The quantitative estimate of drug-likeness (QED) is 0.919. The fraction of sp³-hybridized carbons (Fsp3) is 0.357. The number of carbonyl (C=O) groups is 1. The Balaban J connectivity index is 0.00000121. The third-order valence-electron chi connectivity index (χ3n) is 3.67. The number of nitrogens with two attached hydrogens (primary N) is 1. The summed E-state index contributed by atoms with van der Waals surface area (Å²) in [6, 6.07) is 3.79. The molecule has 3 heterocycles. The van der Waals surface area contributed by atoms with Crippen LogP contribution in [-0.4, -0.2) is 44.5 Å². The van der Waals surface area contributed by atoms with E-state index in [1.54, 1.807) is 29.4 Å². The van der Waals surface area contributed by atoms with Gasteiger partial charge in [-0.15, -0.1) is 24.8 Å². The molecule has 0 aliphatic carbocycles. The monoisotopic (exact) mass is 343 g/mol. The zero-order chi connectivity index (χ0) is 13.9. The Morgan fingerprint density at radius 3 is 2.77 bits per heavy atom. The van der Waals surface area contributed by atoms with Crippen molar-refractivity contribution in [2.45, 2.75) is 18.9 Å². The number of amides is 1. The Kier molecular flexibility index (Phi) is 6.80. The van der Waals surface area contributed by atoms with E-state index >= 15 is 0 Å². The summed E-state index contributed by atoms with van der Waals surface area (Å²) in [7, 11) is 0. The summed E-state index contributed by atoms with van der Waals surface area (Å²) in [5.74, 6) is 0.762. The Morgan fingerprint density at radius 1 is 1.36 bits per heavy atom. The van der Waals surface area contributed by atoms with Gasteiger partial charge >= 0.3 is 0 Å². The second kappa shape index (κ2) is 8.12. The smallest absolute Gasteiger partial charge is 0.255 e. The summed E-state index contributed by atoms with van der Waals surface area (Å²) in [5.41, 5.74) is 6.31. The second-order valence-corrected chi connectivity index (χ2v) is 4.91. The summed E-state index contributed by atoms with van der Waals surface area (Å²) in [6.07, 6.45) is 8.81. The molecule has 1 aliphatic heterocycles. The van der Waals surface area contributed by atoms with Crippen LogP contribution in [0.1, 0.15) is 23.2 Å². The molecule has 1 fully saturated rings. The topological polar surface area (TPSA) is 77.0 Å². The summed E-state index contributed by atoms with van der Waals surface area (Å²) in [6.45, 7) is 1.30. The molecule has 2 aromatic rings.